The van der Waals surface area contributed by atoms with Crippen molar-refractivity contribution in [2.75, 3.05) is 17.7 Å². The molecule has 0 unspecified atom stereocenters. The second kappa shape index (κ2) is 9.69. The molecule has 0 aliphatic carbocycles. The first-order chi connectivity index (χ1) is 14.5. The summed E-state index contributed by atoms with van der Waals surface area (Å²) in [5.41, 5.74) is 8.52. The Balaban J connectivity index is 1.92. The van der Waals surface area contributed by atoms with Gasteiger partial charge in [-0.05, 0) is 43.2 Å². The van der Waals surface area contributed by atoms with Gasteiger partial charge in [0.1, 0.15) is 11.6 Å². The molecule has 30 heavy (non-hydrogen) atoms. The number of rotatable bonds is 8. The maximum absolute atomic E-state index is 11.2. The highest BCUT2D eigenvalue weighted by Gasteiger charge is 2.15. The van der Waals surface area contributed by atoms with E-state index < -0.39 is 6.03 Å². The number of nitrogens with two attached hydrogens (primary N) is 1. The molecule has 0 spiro atoms. The number of methoxy groups -OCH3 is 1. The molecule has 1 atom stereocenters. The third-order valence-corrected chi connectivity index (χ3v) is 4.66. The van der Waals surface area contributed by atoms with Gasteiger partial charge in [-0.1, -0.05) is 19.4 Å². The molecule has 2 heterocycles. The fourth-order valence-corrected chi connectivity index (χ4v) is 3.15. The lowest BCUT2D eigenvalue weighted by atomic mass is 10.0. The summed E-state index contributed by atoms with van der Waals surface area (Å²) in [5.74, 6) is 1.79. The van der Waals surface area contributed by atoms with Crippen LogP contribution in [-0.4, -0.2) is 28.1 Å². The van der Waals surface area contributed by atoms with E-state index in [0.29, 0.717) is 17.3 Å². The number of amides is 2. The minimum absolute atomic E-state index is 0.0989. The number of carbonyl (C=O) groups excluding carboxylic acids is 1. The van der Waals surface area contributed by atoms with Gasteiger partial charge in [0.2, 0.25) is 0 Å². The van der Waals surface area contributed by atoms with Crippen molar-refractivity contribution in [1.29, 1.82) is 0 Å². The van der Waals surface area contributed by atoms with E-state index in [9.17, 15) is 4.79 Å². The number of nitrogens with zero attached hydrogens (tertiary/aromatic N) is 3. The molecule has 2 aromatic heterocycles. The molecule has 0 saturated heterocycles. The smallest absolute Gasteiger partial charge is 0.316 e. The van der Waals surface area contributed by atoms with Crippen LogP contribution in [0.3, 0.4) is 0 Å². The minimum atomic E-state index is -0.656. The number of hydrogen-bond acceptors (Lipinski definition) is 6. The number of primary amides is 1. The summed E-state index contributed by atoms with van der Waals surface area (Å²) in [4.78, 5) is 24.6. The fraction of sp³-hybridized carbons (Fsp3) is 0.273. The average Bonchev–Trinajstić information content (AvgIpc) is 2.75. The van der Waals surface area contributed by atoms with Gasteiger partial charge >= 0.3 is 6.03 Å². The SMILES string of the molecule is CCC[C@H](Nc1nc(-c2ccc(NC(N)=O)c(OC)c2)ncc1C)c1cccnc1. The van der Waals surface area contributed by atoms with Crippen LogP contribution < -0.4 is 21.1 Å². The molecule has 1 aromatic carbocycles. The lowest BCUT2D eigenvalue weighted by Gasteiger charge is -2.20. The van der Waals surface area contributed by atoms with Gasteiger partial charge in [-0.3, -0.25) is 4.98 Å². The second-order valence-electron chi connectivity index (χ2n) is 6.90. The quantitative estimate of drug-likeness (QED) is 0.514. The first-order valence-corrected chi connectivity index (χ1v) is 9.76. The van der Waals surface area contributed by atoms with Gasteiger partial charge in [-0.25, -0.2) is 14.8 Å². The van der Waals surface area contributed by atoms with Crippen LogP contribution in [0.25, 0.3) is 11.4 Å². The first-order valence-electron chi connectivity index (χ1n) is 9.76. The summed E-state index contributed by atoms with van der Waals surface area (Å²) in [6, 6.07) is 8.74. The van der Waals surface area contributed by atoms with Gasteiger partial charge < -0.3 is 21.1 Å². The maximum atomic E-state index is 11.2. The van der Waals surface area contributed by atoms with Gasteiger partial charge in [0.15, 0.2) is 5.82 Å². The van der Waals surface area contributed by atoms with E-state index in [0.717, 1.165) is 35.3 Å². The Hall–Kier alpha value is -3.68. The molecule has 4 N–H and O–H groups in total. The van der Waals surface area contributed by atoms with Gasteiger partial charge in [0, 0.05) is 29.7 Å². The zero-order chi connectivity index (χ0) is 21.5. The highest BCUT2D eigenvalue weighted by Crippen LogP contribution is 2.31. The van der Waals surface area contributed by atoms with Crippen molar-refractivity contribution in [3.8, 4) is 17.1 Å². The molecule has 0 saturated carbocycles. The van der Waals surface area contributed by atoms with Gasteiger partial charge in [0.05, 0.1) is 18.8 Å². The lowest BCUT2D eigenvalue weighted by Crippen LogP contribution is -2.19. The van der Waals surface area contributed by atoms with E-state index in [-0.39, 0.29) is 6.04 Å². The van der Waals surface area contributed by atoms with Crippen molar-refractivity contribution >= 4 is 17.5 Å². The first kappa shape index (κ1) is 21.0. The highest BCUT2D eigenvalue weighted by atomic mass is 16.5. The average molecular weight is 406 g/mol. The monoisotopic (exact) mass is 406 g/mol. The van der Waals surface area contributed by atoms with E-state index in [4.69, 9.17) is 15.5 Å². The number of aromatic nitrogens is 3. The molecule has 0 aliphatic rings. The van der Waals surface area contributed by atoms with Crippen molar-refractivity contribution in [3.05, 3.63) is 60.0 Å². The Morgan fingerprint density at radius 2 is 2.10 bits per heavy atom. The van der Waals surface area contributed by atoms with E-state index in [2.05, 4.69) is 33.6 Å². The Morgan fingerprint density at radius 3 is 2.77 bits per heavy atom. The molecule has 8 nitrogen and oxygen atoms in total. The standard InChI is InChI=1S/C22H26N6O2/c1-4-6-17(16-7-5-10-24-13-16)26-20-14(2)12-25-21(28-20)15-8-9-18(27-22(23)29)19(11-15)30-3/h5,7-13,17H,4,6H2,1-3H3,(H3,23,27,29)(H,25,26,28)/t17-/m0/s1. The number of benzene rings is 1. The van der Waals surface area contributed by atoms with Crippen LogP contribution in [0.5, 0.6) is 5.75 Å². The molecule has 0 bridgehead atoms. The Bertz CT molecular complexity index is 1010. The van der Waals surface area contributed by atoms with Crippen molar-refractivity contribution in [1.82, 2.24) is 15.0 Å². The molecule has 3 rings (SSSR count). The molecule has 3 aromatic rings. The van der Waals surface area contributed by atoms with Crippen LogP contribution in [-0.2, 0) is 0 Å². The number of hydrogen-bond donors (Lipinski definition) is 3. The summed E-state index contributed by atoms with van der Waals surface area (Å²) < 4.78 is 5.37. The van der Waals surface area contributed by atoms with Crippen molar-refractivity contribution in [2.24, 2.45) is 5.73 Å². The van der Waals surface area contributed by atoms with E-state index in [1.165, 1.54) is 7.11 Å². The minimum Gasteiger partial charge on any atom is -0.495 e. The molecule has 156 valence electrons. The molecule has 2 amide bonds. The van der Waals surface area contributed by atoms with Gasteiger partial charge in [-0.2, -0.15) is 0 Å². The molecular formula is C22H26N6O2. The Labute approximate surface area is 175 Å². The zero-order valence-corrected chi connectivity index (χ0v) is 17.3. The Morgan fingerprint density at radius 1 is 1.27 bits per heavy atom. The third kappa shape index (κ3) is 5.02. The van der Waals surface area contributed by atoms with E-state index in [1.54, 1.807) is 24.5 Å². The van der Waals surface area contributed by atoms with Gasteiger partial charge in [-0.15, -0.1) is 0 Å². The normalized spacial score (nSPS) is 11.6. The van der Waals surface area contributed by atoms with Crippen LogP contribution in [0.4, 0.5) is 16.3 Å². The predicted octanol–water partition coefficient (Wildman–Crippen LogP) is 4.30. The molecular weight excluding hydrogens is 380 g/mol. The summed E-state index contributed by atoms with van der Waals surface area (Å²) in [6.45, 7) is 4.12. The van der Waals surface area contributed by atoms with Crippen molar-refractivity contribution in [3.63, 3.8) is 0 Å². The number of nitrogens with one attached hydrogen (secondary N) is 2. The third-order valence-electron chi connectivity index (χ3n) is 4.66. The van der Waals surface area contributed by atoms with Gasteiger partial charge in [0.25, 0.3) is 0 Å². The van der Waals surface area contributed by atoms with E-state index >= 15 is 0 Å². The van der Waals surface area contributed by atoms with Crippen LogP contribution in [0, 0.1) is 6.92 Å². The van der Waals surface area contributed by atoms with Crippen LogP contribution in [0.1, 0.15) is 36.9 Å². The summed E-state index contributed by atoms with van der Waals surface area (Å²) >= 11 is 0. The van der Waals surface area contributed by atoms with Crippen LogP contribution in [0.2, 0.25) is 0 Å². The number of urea groups is 1. The summed E-state index contributed by atoms with van der Waals surface area (Å²) in [6.07, 6.45) is 7.41. The van der Waals surface area contributed by atoms with Crippen LogP contribution in [0.15, 0.2) is 48.9 Å². The lowest BCUT2D eigenvalue weighted by molar-refractivity contribution is 0.259. The fourth-order valence-electron chi connectivity index (χ4n) is 3.15. The number of aryl methyl sites for hydroxylation is 1. The summed E-state index contributed by atoms with van der Waals surface area (Å²) in [7, 11) is 1.53. The molecule has 8 heteroatoms. The summed E-state index contributed by atoms with van der Waals surface area (Å²) in [5, 5.41) is 6.08. The van der Waals surface area contributed by atoms with Crippen LogP contribution >= 0.6 is 0 Å². The molecule has 0 aliphatic heterocycles. The number of anilines is 2. The van der Waals surface area contributed by atoms with Crippen molar-refractivity contribution < 1.29 is 9.53 Å². The predicted molar refractivity (Wildman–Crippen MR) is 117 cm³/mol. The van der Waals surface area contributed by atoms with E-state index in [1.807, 2.05) is 25.3 Å². The maximum Gasteiger partial charge on any atom is 0.316 e. The topological polar surface area (TPSA) is 115 Å². The number of carbonyl (C=O) groups is 1. The number of pyridine rings is 1. The molecule has 0 radical (unpaired) electrons. The van der Waals surface area contributed by atoms with Crippen molar-refractivity contribution in [2.45, 2.75) is 32.7 Å². The zero-order valence-electron chi connectivity index (χ0n) is 17.3. The largest absolute Gasteiger partial charge is 0.495 e. The number of ether oxygens (including phenoxy) is 1. The molecule has 0 fully saturated rings. The highest BCUT2D eigenvalue weighted by molar-refractivity contribution is 5.90. The second-order valence-corrected chi connectivity index (χ2v) is 6.90. The Kier molecular flexibility index (Phi) is 6.79.